The molecule has 1 heteroatoms. The Bertz CT molecular complexity index is 369. The molecule has 0 N–H and O–H groups in total. The highest BCUT2D eigenvalue weighted by Crippen LogP contribution is 2.53. The van der Waals surface area contributed by atoms with Crippen molar-refractivity contribution in [2.24, 2.45) is 16.7 Å². The van der Waals surface area contributed by atoms with Crippen molar-refractivity contribution in [2.75, 3.05) is 0 Å². The van der Waals surface area contributed by atoms with E-state index < -0.39 is 0 Å². The molecule has 0 heterocycles. The van der Waals surface area contributed by atoms with E-state index in [0.717, 1.165) is 12.0 Å². The number of rotatable bonds is 3. The fourth-order valence-electron chi connectivity index (χ4n) is 4.10. The first kappa shape index (κ1) is 14.2. The van der Waals surface area contributed by atoms with Crippen LogP contribution >= 0.6 is 0 Å². The van der Waals surface area contributed by atoms with Gasteiger partial charge in [0.1, 0.15) is 5.78 Å². The molecule has 17 heavy (non-hydrogen) atoms. The first-order chi connectivity index (χ1) is 7.56. The van der Waals surface area contributed by atoms with E-state index in [2.05, 4.69) is 47.3 Å². The van der Waals surface area contributed by atoms with Gasteiger partial charge in [0.15, 0.2) is 0 Å². The summed E-state index contributed by atoms with van der Waals surface area (Å²) < 4.78 is 0. The van der Waals surface area contributed by atoms with Crippen LogP contribution in [0.4, 0.5) is 0 Å². The third kappa shape index (κ3) is 3.08. The molecule has 0 fully saturated rings. The first-order valence-corrected chi connectivity index (χ1v) is 6.42. The minimum atomic E-state index is 0.0956. The lowest BCUT2D eigenvalue weighted by atomic mass is 9.56. The van der Waals surface area contributed by atoms with Gasteiger partial charge in [0.2, 0.25) is 0 Å². The van der Waals surface area contributed by atoms with Crippen LogP contribution in [0.25, 0.3) is 0 Å². The van der Waals surface area contributed by atoms with E-state index in [1.807, 2.05) is 0 Å². The molecule has 0 saturated carbocycles. The number of Topliss-reactive ketones (excluding diaryl/α,β-unsaturated/α-hetero) is 1. The number of ketones is 1. The van der Waals surface area contributed by atoms with Crippen LogP contribution < -0.4 is 0 Å². The van der Waals surface area contributed by atoms with Crippen molar-refractivity contribution < 1.29 is 4.79 Å². The van der Waals surface area contributed by atoms with Crippen molar-refractivity contribution in [3.05, 3.63) is 23.8 Å². The van der Waals surface area contributed by atoms with Crippen LogP contribution in [0.2, 0.25) is 0 Å². The fraction of sp³-hybridized carbons (Fsp3) is 0.688. The second kappa shape index (κ2) is 4.44. The van der Waals surface area contributed by atoms with Crippen molar-refractivity contribution in [3.63, 3.8) is 0 Å². The summed E-state index contributed by atoms with van der Waals surface area (Å²) in [6.45, 7) is 17.1. The molecule has 1 unspecified atom stereocenters. The number of hydrogen-bond acceptors (Lipinski definition) is 1. The van der Waals surface area contributed by atoms with Crippen LogP contribution in [-0.2, 0) is 4.79 Å². The Hall–Kier alpha value is -0.850. The van der Waals surface area contributed by atoms with Gasteiger partial charge in [-0.3, -0.25) is 4.79 Å². The monoisotopic (exact) mass is 234 g/mol. The Morgan fingerprint density at radius 3 is 2.35 bits per heavy atom. The van der Waals surface area contributed by atoms with E-state index >= 15 is 0 Å². The normalized spacial score (nSPS) is 26.2. The summed E-state index contributed by atoms with van der Waals surface area (Å²) in [5.41, 5.74) is 2.83. The highest BCUT2D eigenvalue weighted by atomic mass is 16.1. The van der Waals surface area contributed by atoms with Crippen molar-refractivity contribution in [2.45, 2.75) is 54.4 Å². The van der Waals surface area contributed by atoms with E-state index in [1.54, 1.807) is 6.92 Å². The van der Waals surface area contributed by atoms with E-state index in [9.17, 15) is 4.79 Å². The molecule has 0 spiro atoms. The summed E-state index contributed by atoms with van der Waals surface area (Å²) in [7, 11) is 0. The highest BCUT2D eigenvalue weighted by Gasteiger charge is 2.44. The van der Waals surface area contributed by atoms with Gasteiger partial charge in [-0.05, 0) is 37.0 Å². The summed E-state index contributed by atoms with van der Waals surface area (Å²) in [5.74, 6) is 0.593. The number of hydrogen-bond donors (Lipinski definition) is 0. The van der Waals surface area contributed by atoms with Crippen molar-refractivity contribution in [3.8, 4) is 0 Å². The average molecular weight is 234 g/mol. The molecule has 0 aromatic rings. The summed E-state index contributed by atoms with van der Waals surface area (Å²) in [4.78, 5) is 11.3. The van der Waals surface area contributed by atoms with Crippen LogP contribution in [0.15, 0.2) is 23.8 Å². The zero-order valence-electron chi connectivity index (χ0n) is 12.2. The predicted octanol–water partition coefficient (Wildman–Crippen LogP) is 4.54. The lowest BCUT2D eigenvalue weighted by molar-refractivity contribution is -0.116. The summed E-state index contributed by atoms with van der Waals surface area (Å²) in [6, 6.07) is 0. The topological polar surface area (TPSA) is 17.1 Å². The zero-order valence-corrected chi connectivity index (χ0v) is 12.2. The number of carbonyl (C=O) groups is 1. The standard InChI is InChI=1S/C16H26O/c1-11-9-15(4,5)14(16(6,7)10-11)12(2)8-13(3)17/h9,14H,2,8,10H2,1,3-7H3. The molecule has 0 bridgehead atoms. The average Bonchev–Trinajstić information content (AvgIpc) is 1.93. The van der Waals surface area contributed by atoms with Crippen molar-refractivity contribution in [1.82, 2.24) is 0 Å². The van der Waals surface area contributed by atoms with Crippen LogP contribution in [0, 0.1) is 16.7 Å². The van der Waals surface area contributed by atoms with Gasteiger partial charge < -0.3 is 0 Å². The SMILES string of the molecule is C=C(CC(C)=O)C1C(C)(C)C=C(C)CC1(C)C. The van der Waals surface area contributed by atoms with Gasteiger partial charge in [-0.25, -0.2) is 0 Å². The lowest BCUT2D eigenvalue weighted by Crippen LogP contribution is -2.40. The first-order valence-electron chi connectivity index (χ1n) is 6.42. The molecule has 0 aromatic carbocycles. The maximum Gasteiger partial charge on any atom is 0.133 e. The van der Waals surface area contributed by atoms with E-state index in [-0.39, 0.29) is 16.6 Å². The van der Waals surface area contributed by atoms with E-state index in [1.165, 1.54) is 5.57 Å². The molecule has 1 aliphatic carbocycles. The molecule has 0 radical (unpaired) electrons. The number of allylic oxidation sites excluding steroid dienone is 3. The molecular weight excluding hydrogens is 208 g/mol. The third-order valence-corrected chi connectivity index (χ3v) is 3.76. The molecule has 0 aromatic heterocycles. The largest absolute Gasteiger partial charge is 0.300 e. The Morgan fingerprint density at radius 1 is 1.41 bits per heavy atom. The minimum Gasteiger partial charge on any atom is -0.300 e. The Labute approximate surface area is 106 Å². The third-order valence-electron chi connectivity index (χ3n) is 3.76. The summed E-state index contributed by atoms with van der Waals surface area (Å²) in [6.07, 6.45) is 3.97. The van der Waals surface area contributed by atoms with Gasteiger partial charge in [-0.15, -0.1) is 0 Å². The maximum absolute atomic E-state index is 11.3. The van der Waals surface area contributed by atoms with Gasteiger partial charge in [-0.2, -0.15) is 0 Å². The molecule has 1 nitrogen and oxygen atoms in total. The van der Waals surface area contributed by atoms with Crippen LogP contribution in [0.5, 0.6) is 0 Å². The van der Waals surface area contributed by atoms with Gasteiger partial charge in [0.05, 0.1) is 0 Å². The van der Waals surface area contributed by atoms with Crippen LogP contribution in [0.1, 0.15) is 54.4 Å². The minimum absolute atomic E-state index is 0.0956. The highest BCUT2D eigenvalue weighted by molar-refractivity contribution is 5.78. The second-order valence-electron chi connectivity index (χ2n) is 6.95. The molecule has 1 atom stereocenters. The quantitative estimate of drug-likeness (QED) is 0.655. The summed E-state index contributed by atoms with van der Waals surface area (Å²) >= 11 is 0. The maximum atomic E-state index is 11.3. The smallest absolute Gasteiger partial charge is 0.133 e. The van der Waals surface area contributed by atoms with Gasteiger partial charge >= 0.3 is 0 Å². The van der Waals surface area contributed by atoms with Gasteiger partial charge in [0.25, 0.3) is 0 Å². The Morgan fingerprint density at radius 2 is 1.94 bits per heavy atom. The zero-order chi connectivity index (χ0) is 13.4. The molecule has 0 aliphatic heterocycles. The molecule has 1 rings (SSSR count). The van der Waals surface area contributed by atoms with Gasteiger partial charge in [0, 0.05) is 6.42 Å². The number of carbonyl (C=O) groups excluding carboxylic acids is 1. The van der Waals surface area contributed by atoms with Gasteiger partial charge in [-0.1, -0.05) is 51.5 Å². The van der Waals surface area contributed by atoms with E-state index in [4.69, 9.17) is 0 Å². The molecule has 1 aliphatic rings. The Balaban J connectivity index is 3.10. The predicted molar refractivity (Wildman–Crippen MR) is 73.9 cm³/mol. The molecule has 96 valence electrons. The molecular formula is C16H26O. The molecule has 0 saturated heterocycles. The molecule has 0 amide bonds. The van der Waals surface area contributed by atoms with E-state index in [0.29, 0.717) is 12.3 Å². The van der Waals surface area contributed by atoms with Crippen LogP contribution in [-0.4, -0.2) is 5.78 Å². The van der Waals surface area contributed by atoms with Crippen LogP contribution in [0.3, 0.4) is 0 Å². The summed E-state index contributed by atoms with van der Waals surface area (Å²) in [5, 5.41) is 0. The van der Waals surface area contributed by atoms with Crippen molar-refractivity contribution in [1.29, 1.82) is 0 Å². The second-order valence-corrected chi connectivity index (χ2v) is 6.95. The lowest BCUT2D eigenvalue weighted by Gasteiger charge is -2.48. The fourth-order valence-corrected chi connectivity index (χ4v) is 4.10. The van der Waals surface area contributed by atoms with Crippen molar-refractivity contribution >= 4 is 5.78 Å². The Kier molecular flexibility index (Phi) is 3.71.